The van der Waals surface area contributed by atoms with Crippen molar-refractivity contribution in [2.24, 2.45) is 0 Å². The largest absolute Gasteiger partial charge is 0.378 e. The third-order valence-electron chi connectivity index (χ3n) is 3.11. The van der Waals surface area contributed by atoms with Crippen LogP contribution in [-0.2, 0) is 11.2 Å². The SMILES string of the molecule is Fc1cccc(Cl)c1Cc1nc(C2COCCN2)no1. The quantitative estimate of drug-likeness (QED) is 0.940. The van der Waals surface area contributed by atoms with Gasteiger partial charge in [0.1, 0.15) is 5.82 Å². The Morgan fingerprint density at radius 2 is 2.35 bits per heavy atom. The van der Waals surface area contributed by atoms with Gasteiger partial charge in [-0.25, -0.2) is 4.39 Å². The van der Waals surface area contributed by atoms with Crippen LogP contribution in [0.2, 0.25) is 5.02 Å². The minimum absolute atomic E-state index is 0.0858. The van der Waals surface area contributed by atoms with E-state index in [2.05, 4.69) is 15.5 Å². The standard InChI is InChI=1S/C13H13ClFN3O2/c14-9-2-1-3-10(15)8(9)6-12-17-13(18-20-12)11-7-19-5-4-16-11/h1-3,11,16H,4-7H2. The molecule has 2 heterocycles. The van der Waals surface area contributed by atoms with Crippen LogP contribution in [0.15, 0.2) is 22.7 Å². The fourth-order valence-electron chi connectivity index (χ4n) is 2.07. The molecule has 1 aromatic carbocycles. The minimum atomic E-state index is -0.378. The molecule has 0 saturated carbocycles. The molecule has 0 radical (unpaired) electrons. The van der Waals surface area contributed by atoms with Gasteiger partial charge in [0, 0.05) is 17.1 Å². The molecule has 1 aromatic heterocycles. The third kappa shape index (κ3) is 2.82. The molecule has 5 nitrogen and oxygen atoms in total. The first-order chi connectivity index (χ1) is 9.74. The molecule has 0 aliphatic carbocycles. The molecule has 1 atom stereocenters. The average Bonchev–Trinajstić information content (AvgIpc) is 2.93. The van der Waals surface area contributed by atoms with Crippen molar-refractivity contribution >= 4 is 11.6 Å². The molecule has 2 aromatic rings. The molecule has 0 amide bonds. The zero-order chi connectivity index (χ0) is 13.9. The Morgan fingerprint density at radius 3 is 3.10 bits per heavy atom. The average molecular weight is 298 g/mol. The highest BCUT2D eigenvalue weighted by Crippen LogP contribution is 2.22. The number of morpholine rings is 1. The van der Waals surface area contributed by atoms with Crippen LogP contribution in [0.4, 0.5) is 4.39 Å². The van der Waals surface area contributed by atoms with E-state index in [1.165, 1.54) is 6.07 Å². The van der Waals surface area contributed by atoms with Gasteiger partial charge in [0.15, 0.2) is 5.82 Å². The van der Waals surface area contributed by atoms with Crippen LogP contribution in [0.5, 0.6) is 0 Å². The summed E-state index contributed by atoms with van der Waals surface area (Å²) < 4.78 is 24.2. The maximum absolute atomic E-state index is 13.7. The first kappa shape index (κ1) is 13.5. The zero-order valence-corrected chi connectivity index (χ0v) is 11.4. The van der Waals surface area contributed by atoms with Gasteiger partial charge in [0.2, 0.25) is 5.89 Å². The lowest BCUT2D eigenvalue weighted by molar-refractivity contribution is 0.0734. The number of hydrogen-bond acceptors (Lipinski definition) is 5. The summed E-state index contributed by atoms with van der Waals surface area (Å²) in [5, 5.41) is 7.48. The Morgan fingerprint density at radius 1 is 1.45 bits per heavy atom. The molecule has 1 aliphatic rings. The summed E-state index contributed by atoms with van der Waals surface area (Å²) in [6.07, 6.45) is 0.173. The number of benzene rings is 1. The highest BCUT2D eigenvalue weighted by atomic mass is 35.5. The maximum Gasteiger partial charge on any atom is 0.231 e. The second kappa shape index (κ2) is 5.87. The fourth-order valence-corrected chi connectivity index (χ4v) is 2.29. The fraction of sp³-hybridized carbons (Fsp3) is 0.385. The number of nitrogens with one attached hydrogen (secondary N) is 1. The molecule has 1 saturated heterocycles. The minimum Gasteiger partial charge on any atom is -0.378 e. The van der Waals surface area contributed by atoms with Crippen molar-refractivity contribution in [2.75, 3.05) is 19.8 Å². The first-order valence-corrected chi connectivity index (χ1v) is 6.68. The smallest absolute Gasteiger partial charge is 0.231 e. The van der Waals surface area contributed by atoms with Crippen molar-refractivity contribution in [1.29, 1.82) is 0 Å². The molecular formula is C13H13ClFN3O2. The Kier molecular flexibility index (Phi) is 3.95. The summed E-state index contributed by atoms with van der Waals surface area (Å²) >= 11 is 5.97. The summed E-state index contributed by atoms with van der Waals surface area (Å²) in [6.45, 7) is 1.92. The Bertz CT molecular complexity index is 579. The molecule has 106 valence electrons. The summed E-state index contributed by atoms with van der Waals surface area (Å²) in [5.41, 5.74) is 0.359. The second-order valence-electron chi connectivity index (χ2n) is 4.50. The van der Waals surface area contributed by atoms with Crippen LogP contribution in [0.1, 0.15) is 23.3 Å². The van der Waals surface area contributed by atoms with Crippen LogP contribution in [0, 0.1) is 5.82 Å². The van der Waals surface area contributed by atoms with E-state index in [1.807, 2.05) is 0 Å². The monoisotopic (exact) mass is 297 g/mol. The van der Waals surface area contributed by atoms with Gasteiger partial charge >= 0.3 is 0 Å². The maximum atomic E-state index is 13.7. The lowest BCUT2D eigenvalue weighted by Crippen LogP contribution is -2.35. The van der Waals surface area contributed by atoms with Gasteiger partial charge in [-0.05, 0) is 12.1 Å². The second-order valence-corrected chi connectivity index (χ2v) is 4.91. The van der Waals surface area contributed by atoms with E-state index < -0.39 is 0 Å². The highest BCUT2D eigenvalue weighted by molar-refractivity contribution is 6.31. The van der Waals surface area contributed by atoms with E-state index in [-0.39, 0.29) is 18.3 Å². The lowest BCUT2D eigenvalue weighted by atomic mass is 10.1. The summed E-state index contributed by atoms with van der Waals surface area (Å²) in [7, 11) is 0. The van der Waals surface area contributed by atoms with E-state index in [0.717, 1.165) is 6.54 Å². The highest BCUT2D eigenvalue weighted by Gasteiger charge is 2.21. The molecule has 1 fully saturated rings. The van der Waals surface area contributed by atoms with Crippen LogP contribution >= 0.6 is 11.6 Å². The van der Waals surface area contributed by atoms with E-state index in [4.69, 9.17) is 20.9 Å². The first-order valence-electron chi connectivity index (χ1n) is 6.30. The predicted octanol–water partition coefficient (Wildman–Crippen LogP) is 2.11. The molecular weight excluding hydrogens is 285 g/mol. The van der Waals surface area contributed by atoms with E-state index in [9.17, 15) is 4.39 Å². The molecule has 1 aliphatic heterocycles. The molecule has 0 spiro atoms. The van der Waals surface area contributed by atoms with Gasteiger partial charge in [0.25, 0.3) is 0 Å². The Hall–Kier alpha value is -1.50. The van der Waals surface area contributed by atoms with Gasteiger partial charge in [-0.1, -0.05) is 22.8 Å². The number of rotatable bonds is 3. The van der Waals surface area contributed by atoms with Crippen LogP contribution in [0.25, 0.3) is 0 Å². The number of nitrogens with zero attached hydrogens (tertiary/aromatic N) is 2. The zero-order valence-electron chi connectivity index (χ0n) is 10.6. The van der Waals surface area contributed by atoms with Crippen molar-refractivity contribution in [2.45, 2.75) is 12.5 Å². The number of aromatic nitrogens is 2. The molecule has 3 rings (SSSR count). The van der Waals surface area contributed by atoms with E-state index in [1.54, 1.807) is 12.1 Å². The van der Waals surface area contributed by atoms with Crippen molar-refractivity contribution in [3.05, 3.63) is 46.3 Å². The van der Waals surface area contributed by atoms with Crippen molar-refractivity contribution < 1.29 is 13.7 Å². The van der Waals surface area contributed by atoms with Crippen molar-refractivity contribution in [1.82, 2.24) is 15.5 Å². The molecule has 1 N–H and O–H groups in total. The van der Waals surface area contributed by atoms with Gasteiger partial charge in [-0.3, -0.25) is 0 Å². The Labute approximate surface area is 120 Å². The molecule has 1 unspecified atom stereocenters. The van der Waals surface area contributed by atoms with Gasteiger partial charge in [-0.15, -0.1) is 0 Å². The molecule has 0 bridgehead atoms. The molecule has 20 heavy (non-hydrogen) atoms. The summed E-state index contributed by atoms with van der Waals surface area (Å²) in [6, 6.07) is 4.46. The van der Waals surface area contributed by atoms with Crippen molar-refractivity contribution in [3.8, 4) is 0 Å². The van der Waals surface area contributed by atoms with Crippen LogP contribution in [0.3, 0.4) is 0 Å². The predicted molar refractivity (Wildman–Crippen MR) is 70.1 cm³/mol. The van der Waals surface area contributed by atoms with Crippen LogP contribution < -0.4 is 5.32 Å². The topological polar surface area (TPSA) is 60.2 Å². The van der Waals surface area contributed by atoms with E-state index in [0.29, 0.717) is 35.5 Å². The third-order valence-corrected chi connectivity index (χ3v) is 3.46. The van der Waals surface area contributed by atoms with E-state index >= 15 is 0 Å². The number of hydrogen-bond donors (Lipinski definition) is 1. The normalized spacial score (nSPS) is 19.2. The number of halogens is 2. The van der Waals surface area contributed by atoms with Gasteiger partial charge < -0.3 is 14.6 Å². The summed E-state index contributed by atoms with van der Waals surface area (Å²) in [4.78, 5) is 4.27. The lowest BCUT2D eigenvalue weighted by Gasteiger charge is -2.20. The van der Waals surface area contributed by atoms with Gasteiger partial charge in [0.05, 0.1) is 25.7 Å². The van der Waals surface area contributed by atoms with Crippen molar-refractivity contribution in [3.63, 3.8) is 0 Å². The molecule has 7 heteroatoms. The Balaban J connectivity index is 1.77. The van der Waals surface area contributed by atoms with Crippen LogP contribution in [-0.4, -0.2) is 29.9 Å². The summed E-state index contributed by atoms with van der Waals surface area (Å²) in [5.74, 6) is 0.475. The van der Waals surface area contributed by atoms with Gasteiger partial charge in [-0.2, -0.15) is 4.98 Å². The number of ether oxygens (including phenoxy) is 1.